The van der Waals surface area contributed by atoms with Gasteiger partial charge in [-0.3, -0.25) is 4.79 Å². The van der Waals surface area contributed by atoms with E-state index in [1.807, 2.05) is 31.2 Å². The molecular formula is C16H19NO3. The maximum Gasteiger partial charge on any atom is 0.255 e. The number of hydrogen-bond acceptors (Lipinski definition) is 3. The molecular weight excluding hydrogens is 254 g/mol. The lowest BCUT2D eigenvalue weighted by molar-refractivity contribution is 0.0931. The largest absolute Gasteiger partial charge is 0.507 e. The van der Waals surface area contributed by atoms with Crippen LogP contribution < -0.4 is 5.32 Å². The van der Waals surface area contributed by atoms with E-state index in [0.717, 1.165) is 10.8 Å². The van der Waals surface area contributed by atoms with Crippen LogP contribution in [0, 0.1) is 5.92 Å². The minimum atomic E-state index is -0.267. The molecule has 0 aromatic heterocycles. The van der Waals surface area contributed by atoms with Crippen molar-refractivity contribution >= 4 is 16.7 Å². The van der Waals surface area contributed by atoms with Gasteiger partial charge in [0.2, 0.25) is 0 Å². The fourth-order valence-electron chi connectivity index (χ4n) is 2.12. The number of amides is 1. The summed E-state index contributed by atoms with van der Waals surface area (Å²) in [5, 5.41) is 14.6. The number of rotatable bonds is 5. The third kappa shape index (κ3) is 3.27. The first kappa shape index (κ1) is 14.3. The fourth-order valence-corrected chi connectivity index (χ4v) is 2.12. The molecule has 0 radical (unpaired) electrons. The molecule has 2 aromatic carbocycles. The summed E-state index contributed by atoms with van der Waals surface area (Å²) in [7, 11) is 1.63. The summed E-state index contributed by atoms with van der Waals surface area (Å²) in [5.41, 5.74) is 0.299. The highest BCUT2D eigenvalue weighted by Gasteiger charge is 2.13. The van der Waals surface area contributed by atoms with Crippen molar-refractivity contribution in [2.75, 3.05) is 20.3 Å². The van der Waals surface area contributed by atoms with Gasteiger partial charge in [0.25, 0.3) is 5.91 Å². The van der Waals surface area contributed by atoms with E-state index >= 15 is 0 Å². The van der Waals surface area contributed by atoms with E-state index < -0.39 is 0 Å². The van der Waals surface area contributed by atoms with Crippen LogP contribution in [-0.4, -0.2) is 31.3 Å². The summed E-state index contributed by atoms with van der Waals surface area (Å²) >= 11 is 0. The second kappa shape index (κ2) is 6.39. The van der Waals surface area contributed by atoms with Gasteiger partial charge < -0.3 is 15.2 Å². The maximum atomic E-state index is 12.1. The summed E-state index contributed by atoms with van der Waals surface area (Å²) in [6, 6.07) is 10.9. The first-order valence-electron chi connectivity index (χ1n) is 6.60. The molecule has 0 spiro atoms. The van der Waals surface area contributed by atoms with Gasteiger partial charge in [0, 0.05) is 13.7 Å². The zero-order valence-electron chi connectivity index (χ0n) is 11.7. The Balaban J connectivity index is 2.15. The molecule has 0 heterocycles. The van der Waals surface area contributed by atoms with Gasteiger partial charge in [-0.1, -0.05) is 31.2 Å². The van der Waals surface area contributed by atoms with E-state index in [0.29, 0.717) is 18.7 Å². The van der Waals surface area contributed by atoms with Crippen molar-refractivity contribution in [3.8, 4) is 5.75 Å². The molecule has 2 N–H and O–H groups in total. The summed E-state index contributed by atoms with van der Waals surface area (Å²) < 4.78 is 5.02. The minimum Gasteiger partial charge on any atom is -0.507 e. The molecule has 20 heavy (non-hydrogen) atoms. The zero-order valence-corrected chi connectivity index (χ0v) is 11.7. The summed E-state index contributed by atoms with van der Waals surface area (Å²) in [4.78, 5) is 12.1. The zero-order chi connectivity index (χ0) is 14.5. The highest BCUT2D eigenvalue weighted by atomic mass is 16.5. The lowest BCUT2D eigenvalue weighted by atomic mass is 10.1. The molecule has 0 aliphatic carbocycles. The van der Waals surface area contributed by atoms with E-state index in [9.17, 15) is 9.90 Å². The fraction of sp³-hybridized carbons (Fsp3) is 0.312. The number of phenolic OH excluding ortho intramolecular Hbond substituents is 1. The van der Waals surface area contributed by atoms with Crippen molar-refractivity contribution < 1.29 is 14.6 Å². The number of benzene rings is 2. The van der Waals surface area contributed by atoms with E-state index in [1.54, 1.807) is 19.2 Å². The maximum absolute atomic E-state index is 12.1. The molecule has 4 nitrogen and oxygen atoms in total. The van der Waals surface area contributed by atoms with Crippen LogP contribution in [0.4, 0.5) is 0 Å². The molecule has 0 saturated carbocycles. The molecule has 0 bridgehead atoms. The minimum absolute atomic E-state index is 0.000551. The highest BCUT2D eigenvalue weighted by molar-refractivity contribution is 6.01. The van der Waals surface area contributed by atoms with Crippen LogP contribution in [0.15, 0.2) is 36.4 Å². The third-order valence-electron chi connectivity index (χ3n) is 3.17. The third-order valence-corrected chi connectivity index (χ3v) is 3.17. The quantitative estimate of drug-likeness (QED) is 0.880. The van der Waals surface area contributed by atoms with Gasteiger partial charge in [0.05, 0.1) is 12.2 Å². The Morgan fingerprint density at radius 1 is 1.30 bits per heavy atom. The molecule has 0 aliphatic rings. The van der Waals surface area contributed by atoms with Crippen LogP contribution in [0.2, 0.25) is 0 Å². The van der Waals surface area contributed by atoms with Gasteiger partial charge in [0.15, 0.2) is 0 Å². The summed E-state index contributed by atoms with van der Waals surface area (Å²) in [6.45, 7) is 3.09. The number of nitrogens with one attached hydrogen (secondary N) is 1. The van der Waals surface area contributed by atoms with Crippen molar-refractivity contribution in [1.82, 2.24) is 5.32 Å². The second-order valence-corrected chi connectivity index (χ2v) is 4.99. The predicted octanol–water partition coefficient (Wildman–Crippen LogP) is 2.56. The smallest absolute Gasteiger partial charge is 0.255 e. The topological polar surface area (TPSA) is 58.6 Å². The van der Waals surface area contributed by atoms with Gasteiger partial charge in [0.1, 0.15) is 5.75 Å². The van der Waals surface area contributed by atoms with Crippen LogP contribution >= 0.6 is 0 Å². The van der Waals surface area contributed by atoms with Crippen molar-refractivity contribution in [1.29, 1.82) is 0 Å². The molecule has 0 aliphatic heterocycles. The number of hydrogen-bond donors (Lipinski definition) is 2. The van der Waals surface area contributed by atoms with Crippen LogP contribution in [0.3, 0.4) is 0 Å². The number of ether oxygens (including phenoxy) is 1. The number of aromatic hydroxyl groups is 1. The van der Waals surface area contributed by atoms with E-state index in [2.05, 4.69) is 5.32 Å². The Morgan fingerprint density at radius 3 is 2.60 bits per heavy atom. The second-order valence-electron chi connectivity index (χ2n) is 4.99. The number of phenols is 1. The molecule has 4 heteroatoms. The molecule has 1 unspecified atom stereocenters. The van der Waals surface area contributed by atoms with Crippen LogP contribution in [-0.2, 0) is 4.74 Å². The van der Waals surface area contributed by atoms with Crippen molar-refractivity contribution in [2.45, 2.75) is 6.92 Å². The van der Waals surface area contributed by atoms with Crippen LogP contribution in [0.1, 0.15) is 17.3 Å². The van der Waals surface area contributed by atoms with Crippen molar-refractivity contribution in [3.05, 3.63) is 42.0 Å². The average Bonchev–Trinajstić information content (AvgIpc) is 2.44. The lowest BCUT2D eigenvalue weighted by Gasteiger charge is -2.12. The first-order chi connectivity index (χ1) is 9.61. The van der Waals surface area contributed by atoms with Gasteiger partial charge in [-0.2, -0.15) is 0 Å². The van der Waals surface area contributed by atoms with Crippen molar-refractivity contribution in [3.63, 3.8) is 0 Å². The van der Waals surface area contributed by atoms with Gasteiger partial charge in [-0.05, 0) is 28.8 Å². The van der Waals surface area contributed by atoms with Crippen LogP contribution in [0.25, 0.3) is 10.8 Å². The summed E-state index contributed by atoms with van der Waals surface area (Å²) in [5.74, 6) is -0.0386. The lowest BCUT2D eigenvalue weighted by Crippen LogP contribution is -2.29. The van der Waals surface area contributed by atoms with Crippen molar-refractivity contribution in [2.24, 2.45) is 5.92 Å². The van der Waals surface area contributed by atoms with Crippen LogP contribution in [0.5, 0.6) is 5.75 Å². The Morgan fingerprint density at radius 2 is 1.95 bits per heavy atom. The van der Waals surface area contributed by atoms with Gasteiger partial charge in [-0.15, -0.1) is 0 Å². The number of carbonyl (C=O) groups excluding carboxylic acids is 1. The Hall–Kier alpha value is -2.07. The SMILES string of the molecule is COCC(C)CNC(=O)c1cc2ccccc2cc1O. The Bertz CT molecular complexity index is 610. The number of methoxy groups -OCH3 is 1. The first-order valence-corrected chi connectivity index (χ1v) is 6.60. The molecule has 1 atom stereocenters. The molecule has 0 saturated heterocycles. The van der Waals surface area contributed by atoms with Gasteiger partial charge >= 0.3 is 0 Å². The molecule has 0 fully saturated rings. The standard InChI is InChI=1S/C16H19NO3/c1-11(10-20-2)9-17-16(19)14-7-12-5-3-4-6-13(12)8-15(14)18/h3-8,11,18H,9-10H2,1-2H3,(H,17,19). The normalized spacial score (nSPS) is 12.3. The Kier molecular flexibility index (Phi) is 4.58. The van der Waals surface area contributed by atoms with E-state index in [1.165, 1.54) is 0 Å². The Labute approximate surface area is 118 Å². The highest BCUT2D eigenvalue weighted by Crippen LogP contribution is 2.24. The molecule has 2 rings (SSSR count). The van der Waals surface area contributed by atoms with Gasteiger partial charge in [-0.25, -0.2) is 0 Å². The average molecular weight is 273 g/mol. The van der Waals surface area contributed by atoms with E-state index in [-0.39, 0.29) is 17.6 Å². The number of fused-ring (bicyclic) bond motifs is 1. The summed E-state index contributed by atoms with van der Waals surface area (Å²) in [6.07, 6.45) is 0. The monoisotopic (exact) mass is 273 g/mol. The molecule has 106 valence electrons. The molecule has 1 amide bonds. The van der Waals surface area contributed by atoms with E-state index in [4.69, 9.17) is 4.74 Å². The molecule has 2 aromatic rings. The number of carbonyl (C=O) groups is 1. The predicted molar refractivity (Wildman–Crippen MR) is 79.0 cm³/mol.